The highest BCUT2D eigenvalue weighted by molar-refractivity contribution is 6.02. The van der Waals surface area contributed by atoms with Crippen LogP contribution in [0.15, 0.2) is 78.9 Å². The van der Waals surface area contributed by atoms with Crippen LogP contribution in [-0.4, -0.2) is 20.7 Å². The topological polar surface area (TPSA) is 59.8 Å². The third-order valence-electron chi connectivity index (χ3n) is 4.21. The number of carbonyl (C=O) groups excluding carboxylic acids is 1. The van der Waals surface area contributed by atoms with Crippen LogP contribution in [0.2, 0.25) is 0 Å². The van der Waals surface area contributed by atoms with Crippen molar-refractivity contribution in [2.24, 2.45) is 0 Å². The van der Waals surface area contributed by atoms with Crippen molar-refractivity contribution in [2.45, 2.75) is 6.92 Å². The third-order valence-corrected chi connectivity index (χ3v) is 4.21. The number of carbonyl (C=O) groups is 1. The average molecular weight is 372 g/mol. The van der Waals surface area contributed by atoms with Crippen LogP contribution in [-0.2, 0) is 0 Å². The second kappa shape index (κ2) is 7.44. The lowest BCUT2D eigenvalue weighted by Gasteiger charge is -2.05. The summed E-state index contributed by atoms with van der Waals surface area (Å²) in [5.41, 5.74) is 2.53. The first-order chi connectivity index (χ1) is 13.6. The Kier molecular flexibility index (Phi) is 4.68. The van der Waals surface area contributed by atoms with E-state index < -0.39 is 11.7 Å². The molecule has 0 spiro atoms. The fraction of sp³-hybridized carbons (Fsp3) is 0.0455. The molecular formula is C22H17FN4O. The van der Waals surface area contributed by atoms with Gasteiger partial charge in [0.2, 0.25) is 5.82 Å². The molecule has 1 aromatic heterocycles. The molecule has 0 aliphatic heterocycles. The molecule has 6 heteroatoms. The van der Waals surface area contributed by atoms with Gasteiger partial charge in [-0.25, -0.2) is 14.1 Å². The van der Waals surface area contributed by atoms with E-state index in [1.165, 1.54) is 6.07 Å². The van der Waals surface area contributed by atoms with E-state index in [1.807, 2.05) is 67.6 Å². The number of halogens is 1. The minimum atomic E-state index is -0.573. The van der Waals surface area contributed by atoms with Gasteiger partial charge in [-0.1, -0.05) is 54.6 Å². The second-order valence-electron chi connectivity index (χ2n) is 6.31. The summed E-state index contributed by atoms with van der Waals surface area (Å²) < 4.78 is 15.6. The van der Waals surface area contributed by atoms with Crippen LogP contribution in [0.4, 0.5) is 10.1 Å². The molecule has 28 heavy (non-hydrogen) atoms. The number of nitrogens with one attached hydrogen (secondary N) is 1. The number of aromatic nitrogens is 3. The van der Waals surface area contributed by atoms with Crippen molar-refractivity contribution < 1.29 is 9.18 Å². The van der Waals surface area contributed by atoms with Crippen LogP contribution in [0.5, 0.6) is 0 Å². The summed E-state index contributed by atoms with van der Waals surface area (Å²) in [7, 11) is 0. The Labute approximate surface area is 161 Å². The van der Waals surface area contributed by atoms with E-state index in [-0.39, 0.29) is 11.5 Å². The fourth-order valence-corrected chi connectivity index (χ4v) is 2.84. The van der Waals surface area contributed by atoms with E-state index in [0.29, 0.717) is 5.82 Å². The van der Waals surface area contributed by atoms with Gasteiger partial charge in [0.15, 0.2) is 5.82 Å². The Morgan fingerprint density at radius 2 is 1.64 bits per heavy atom. The first-order valence-corrected chi connectivity index (χ1v) is 8.77. The summed E-state index contributed by atoms with van der Waals surface area (Å²) >= 11 is 0. The molecule has 0 atom stereocenters. The largest absolute Gasteiger partial charge is 0.317 e. The maximum absolute atomic E-state index is 14.0. The molecule has 5 nitrogen and oxygen atoms in total. The lowest BCUT2D eigenvalue weighted by Crippen LogP contribution is -2.15. The lowest BCUT2D eigenvalue weighted by molar-refractivity contribution is 0.101. The number of aryl methyl sites for hydroxylation is 1. The third kappa shape index (κ3) is 3.53. The number of amides is 1. The number of rotatable bonds is 4. The summed E-state index contributed by atoms with van der Waals surface area (Å²) in [6.07, 6.45) is 0. The molecule has 0 unspecified atom stereocenters. The maximum atomic E-state index is 14.0. The number of para-hydroxylation sites is 1. The van der Waals surface area contributed by atoms with E-state index in [9.17, 15) is 9.18 Å². The molecule has 1 amide bonds. The van der Waals surface area contributed by atoms with Crippen LogP contribution in [0, 0.1) is 12.7 Å². The van der Waals surface area contributed by atoms with Gasteiger partial charge in [-0.05, 0) is 36.8 Å². The van der Waals surface area contributed by atoms with E-state index in [0.717, 1.165) is 16.8 Å². The molecule has 3 aromatic carbocycles. The van der Waals surface area contributed by atoms with Crippen molar-refractivity contribution in [2.75, 3.05) is 5.32 Å². The predicted molar refractivity (Wildman–Crippen MR) is 106 cm³/mol. The summed E-state index contributed by atoms with van der Waals surface area (Å²) in [5, 5.41) is 6.93. The Hall–Kier alpha value is -3.80. The minimum absolute atomic E-state index is 0.0383. The molecule has 0 saturated heterocycles. The van der Waals surface area contributed by atoms with Gasteiger partial charge < -0.3 is 5.32 Å². The van der Waals surface area contributed by atoms with E-state index in [4.69, 9.17) is 0 Å². The van der Waals surface area contributed by atoms with Gasteiger partial charge in [0.1, 0.15) is 5.82 Å². The Balaban J connectivity index is 1.75. The molecule has 0 radical (unpaired) electrons. The Bertz CT molecular complexity index is 1070. The predicted octanol–water partition coefficient (Wildman–Crippen LogP) is 4.63. The standard InChI is InChI=1S/C22H17FN4O/c1-15-12-13-18(23)19(14-15)24-22(28)20-25-21(16-8-4-2-5-9-16)27(26-20)17-10-6-3-7-11-17/h2-14H,1H3,(H,24,28). The van der Waals surface area contributed by atoms with Crippen molar-refractivity contribution in [1.29, 1.82) is 0 Å². The zero-order valence-electron chi connectivity index (χ0n) is 15.1. The first-order valence-electron chi connectivity index (χ1n) is 8.77. The van der Waals surface area contributed by atoms with Crippen molar-refractivity contribution in [3.63, 3.8) is 0 Å². The van der Waals surface area contributed by atoms with Gasteiger partial charge in [-0.3, -0.25) is 4.79 Å². The van der Waals surface area contributed by atoms with Crippen molar-refractivity contribution in [1.82, 2.24) is 14.8 Å². The van der Waals surface area contributed by atoms with Crippen molar-refractivity contribution >= 4 is 11.6 Å². The molecule has 4 aromatic rings. The van der Waals surface area contributed by atoms with Crippen LogP contribution < -0.4 is 5.32 Å². The summed E-state index contributed by atoms with van der Waals surface area (Å²) in [5.74, 6) is -0.591. The zero-order chi connectivity index (χ0) is 19.5. The van der Waals surface area contributed by atoms with Gasteiger partial charge in [0.25, 0.3) is 5.91 Å². The molecule has 0 aliphatic carbocycles. The van der Waals surface area contributed by atoms with Gasteiger partial charge in [-0.15, -0.1) is 5.10 Å². The highest BCUT2D eigenvalue weighted by Gasteiger charge is 2.19. The Morgan fingerprint density at radius 3 is 2.36 bits per heavy atom. The lowest BCUT2D eigenvalue weighted by atomic mass is 10.2. The van der Waals surface area contributed by atoms with E-state index in [2.05, 4.69) is 15.4 Å². The Morgan fingerprint density at radius 1 is 0.964 bits per heavy atom. The van der Waals surface area contributed by atoms with Gasteiger partial charge >= 0.3 is 0 Å². The molecule has 1 N–H and O–H groups in total. The minimum Gasteiger partial charge on any atom is -0.317 e. The number of anilines is 1. The highest BCUT2D eigenvalue weighted by Crippen LogP contribution is 2.22. The summed E-state index contributed by atoms with van der Waals surface area (Å²) in [6.45, 7) is 1.82. The molecule has 138 valence electrons. The smallest absolute Gasteiger partial charge is 0.295 e. The average Bonchev–Trinajstić information content (AvgIpc) is 3.18. The van der Waals surface area contributed by atoms with Gasteiger partial charge in [-0.2, -0.15) is 0 Å². The summed E-state index contributed by atoms with van der Waals surface area (Å²) in [6, 6.07) is 23.4. The summed E-state index contributed by atoms with van der Waals surface area (Å²) in [4.78, 5) is 17.1. The zero-order valence-corrected chi connectivity index (χ0v) is 15.1. The molecule has 1 heterocycles. The van der Waals surface area contributed by atoms with Crippen LogP contribution in [0.3, 0.4) is 0 Å². The second-order valence-corrected chi connectivity index (χ2v) is 6.31. The number of nitrogens with zero attached hydrogens (tertiary/aromatic N) is 3. The molecule has 0 fully saturated rings. The van der Waals surface area contributed by atoms with Crippen molar-refractivity contribution in [3.8, 4) is 17.1 Å². The number of hydrogen-bond acceptors (Lipinski definition) is 3. The fourth-order valence-electron chi connectivity index (χ4n) is 2.84. The molecule has 0 saturated carbocycles. The monoisotopic (exact) mass is 372 g/mol. The number of hydrogen-bond donors (Lipinski definition) is 1. The van der Waals surface area contributed by atoms with E-state index in [1.54, 1.807) is 16.8 Å². The molecular weight excluding hydrogens is 355 g/mol. The van der Waals surface area contributed by atoms with Crippen LogP contribution >= 0.6 is 0 Å². The van der Waals surface area contributed by atoms with Crippen molar-refractivity contribution in [3.05, 3.63) is 96.1 Å². The van der Waals surface area contributed by atoms with Gasteiger partial charge in [0, 0.05) is 5.56 Å². The SMILES string of the molecule is Cc1ccc(F)c(NC(=O)c2nc(-c3ccccc3)n(-c3ccccc3)n2)c1. The number of benzene rings is 3. The molecule has 0 aliphatic rings. The maximum Gasteiger partial charge on any atom is 0.295 e. The normalized spacial score (nSPS) is 10.6. The quantitative estimate of drug-likeness (QED) is 0.568. The first kappa shape index (κ1) is 17.6. The van der Waals surface area contributed by atoms with Crippen LogP contribution in [0.25, 0.3) is 17.1 Å². The highest BCUT2D eigenvalue weighted by atomic mass is 19.1. The molecule has 4 rings (SSSR count). The van der Waals surface area contributed by atoms with E-state index >= 15 is 0 Å². The molecule has 0 bridgehead atoms. The van der Waals surface area contributed by atoms with Gasteiger partial charge in [0.05, 0.1) is 11.4 Å². The van der Waals surface area contributed by atoms with Crippen LogP contribution in [0.1, 0.15) is 16.2 Å².